The fourth-order valence-electron chi connectivity index (χ4n) is 2.39. The highest BCUT2D eigenvalue weighted by Crippen LogP contribution is 2.40. The molecule has 8 heteroatoms. The van der Waals surface area contributed by atoms with Gasteiger partial charge in [-0.25, -0.2) is 8.42 Å². The zero-order valence-electron chi connectivity index (χ0n) is 12.4. The van der Waals surface area contributed by atoms with Crippen LogP contribution in [0.15, 0.2) is 10.3 Å². The Labute approximate surface area is 129 Å². The molecule has 0 radical (unpaired) electrons. The Morgan fingerprint density at radius 2 is 2.29 bits per heavy atom. The molecule has 1 aliphatic heterocycles. The third-order valence-electron chi connectivity index (χ3n) is 3.26. The molecule has 2 unspecified atom stereocenters. The number of sulfonamides is 1. The number of hydrogen-bond donors (Lipinski definition) is 1. The number of aryl methyl sites for hydroxylation is 1. The lowest BCUT2D eigenvalue weighted by atomic mass is 10.1. The molecular formula is C13H21NO5S2. The van der Waals surface area contributed by atoms with Crippen molar-refractivity contribution in [3.63, 3.8) is 0 Å². The first kappa shape index (κ1) is 16.9. The maximum atomic E-state index is 12.6. The molecule has 1 aromatic heterocycles. The third kappa shape index (κ3) is 3.64. The molecule has 0 fully saturated rings. The lowest BCUT2D eigenvalue weighted by molar-refractivity contribution is -0.130. The summed E-state index contributed by atoms with van der Waals surface area (Å²) in [4.78, 5) is 0.918. The summed E-state index contributed by atoms with van der Waals surface area (Å²) in [6.45, 7) is 4.50. The molecule has 0 saturated heterocycles. The van der Waals surface area contributed by atoms with E-state index in [1.165, 1.54) is 22.6 Å². The number of aliphatic hydroxyl groups is 1. The standard InChI is InChI=1S/C13H21NO5S2/c1-9-7-11-12(19-10(2)15)8-14(5-4-6-18-3)21(16,17)13(11)20-9/h7,10,12,15H,4-6,8H2,1-3H3. The predicted octanol–water partition coefficient (Wildman–Crippen LogP) is 1.49. The van der Waals surface area contributed by atoms with Gasteiger partial charge in [-0.3, -0.25) is 0 Å². The van der Waals surface area contributed by atoms with Crippen LogP contribution in [0.1, 0.15) is 29.9 Å². The van der Waals surface area contributed by atoms with Crippen LogP contribution in [0, 0.1) is 6.92 Å². The normalized spacial score (nSPS) is 23.0. The lowest BCUT2D eigenvalue weighted by Gasteiger charge is -2.32. The molecule has 0 aliphatic carbocycles. The van der Waals surface area contributed by atoms with E-state index in [0.29, 0.717) is 29.3 Å². The molecule has 21 heavy (non-hydrogen) atoms. The van der Waals surface area contributed by atoms with Crippen LogP contribution >= 0.6 is 11.3 Å². The molecule has 6 nitrogen and oxygen atoms in total. The van der Waals surface area contributed by atoms with Gasteiger partial charge in [0.15, 0.2) is 6.29 Å². The fraction of sp³-hybridized carbons (Fsp3) is 0.692. The Hall–Kier alpha value is -0.510. The van der Waals surface area contributed by atoms with E-state index in [1.54, 1.807) is 7.11 Å². The molecular weight excluding hydrogens is 314 g/mol. The first-order chi connectivity index (χ1) is 9.86. The second kappa shape index (κ2) is 6.72. The average molecular weight is 335 g/mol. The number of aliphatic hydroxyl groups excluding tert-OH is 1. The highest BCUT2D eigenvalue weighted by atomic mass is 32.2. The summed E-state index contributed by atoms with van der Waals surface area (Å²) in [5.74, 6) is 0. The molecule has 1 N–H and O–H groups in total. The van der Waals surface area contributed by atoms with Crippen molar-refractivity contribution < 1.29 is 23.0 Å². The van der Waals surface area contributed by atoms with Crippen LogP contribution in [0.4, 0.5) is 0 Å². The number of ether oxygens (including phenoxy) is 2. The van der Waals surface area contributed by atoms with Crippen molar-refractivity contribution in [3.05, 3.63) is 16.5 Å². The zero-order valence-corrected chi connectivity index (χ0v) is 14.0. The first-order valence-corrected chi connectivity index (χ1v) is 9.05. The van der Waals surface area contributed by atoms with Crippen LogP contribution in [0.25, 0.3) is 0 Å². The number of nitrogens with zero attached hydrogens (tertiary/aromatic N) is 1. The number of methoxy groups -OCH3 is 1. The van der Waals surface area contributed by atoms with E-state index >= 15 is 0 Å². The number of hydrogen-bond acceptors (Lipinski definition) is 6. The summed E-state index contributed by atoms with van der Waals surface area (Å²) >= 11 is 1.25. The van der Waals surface area contributed by atoms with E-state index in [1.807, 2.05) is 13.0 Å². The van der Waals surface area contributed by atoms with Gasteiger partial charge in [0.25, 0.3) is 10.0 Å². The van der Waals surface area contributed by atoms with Gasteiger partial charge in [0, 0.05) is 37.2 Å². The van der Waals surface area contributed by atoms with E-state index in [-0.39, 0.29) is 6.54 Å². The molecule has 0 bridgehead atoms. The second-order valence-electron chi connectivity index (χ2n) is 5.03. The van der Waals surface area contributed by atoms with Crippen molar-refractivity contribution in [2.24, 2.45) is 0 Å². The van der Waals surface area contributed by atoms with Gasteiger partial charge in [0.05, 0.1) is 0 Å². The van der Waals surface area contributed by atoms with Crippen molar-refractivity contribution in [1.29, 1.82) is 0 Å². The van der Waals surface area contributed by atoms with Crippen LogP contribution < -0.4 is 0 Å². The smallest absolute Gasteiger partial charge is 0.253 e. The SMILES string of the molecule is COCCCN1CC(OC(C)O)c2cc(C)sc2S1(=O)=O. The average Bonchev–Trinajstić information content (AvgIpc) is 2.78. The van der Waals surface area contributed by atoms with Crippen LogP contribution in [-0.2, 0) is 19.5 Å². The number of fused-ring (bicyclic) bond motifs is 1. The monoisotopic (exact) mass is 335 g/mol. The molecule has 120 valence electrons. The molecule has 2 heterocycles. The summed E-state index contributed by atoms with van der Waals surface area (Å²) < 4.78 is 37.4. The maximum Gasteiger partial charge on any atom is 0.253 e. The topological polar surface area (TPSA) is 76.1 Å². The van der Waals surface area contributed by atoms with Crippen LogP contribution in [0.5, 0.6) is 0 Å². The molecule has 0 amide bonds. The van der Waals surface area contributed by atoms with Gasteiger partial charge in [0.1, 0.15) is 10.3 Å². The fourth-order valence-corrected chi connectivity index (χ4v) is 5.73. The Morgan fingerprint density at radius 3 is 2.90 bits per heavy atom. The highest BCUT2D eigenvalue weighted by molar-refractivity contribution is 7.91. The molecule has 0 saturated carbocycles. The van der Waals surface area contributed by atoms with Gasteiger partial charge >= 0.3 is 0 Å². The molecule has 2 atom stereocenters. The van der Waals surface area contributed by atoms with E-state index in [2.05, 4.69) is 0 Å². The van der Waals surface area contributed by atoms with Gasteiger partial charge in [-0.1, -0.05) is 0 Å². The quantitative estimate of drug-likeness (QED) is 0.630. The van der Waals surface area contributed by atoms with Crippen molar-refractivity contribution in [3.8, 4) is 0 Å². The van der Waals surface area contributed by atoms with Crippen molar-refractivity contribution in [2.75, 3.05) is 26.8 Å². The molecule has 1 aromatic rings. The number of rotatable bonds is 6. The Bertz CT molecular complexity index is 581. The molecule has 0 aromatic carbocycles. The second-order valence-corrected chi connectivity index (χ2v) is 8.42. The minimum absolute atomic E-state index is 0.222. The van der Waals surface area contributed by atoms with E-state index in [9.17, 15) is 13.5 Å². The zero-order chi connectivity index (χ0) is 15.6. The van der Waals surface area contributed by atoms with Crippen molar-refractivity contribution in [1.82, 2.24) is 4.31 Å². The Morgan fingerprint density at radius 1 is 1.57 bits per heavy atom. The number of thiophene rings is 1. The highest BCUT2D eigenvalue weighted by Gasteiger charge is 2.39. The molecule has 1 aliphatic rings. The minimum Gasteiger partial charge on any atom is -0.385 e. The molecule has 2 rings (SSSR count). The van der Waals surface area contributed by atoms with Gasteiger partial charge in [-0.2, -0.15) is 4.31 Å². The van der Waals surface area contributed by atoms with E-state index in [0.717, 1.165) is 4.88 Å². The van der Waals surface area contributed by atoms with Crippen molar-refractivity contribution >= 4 is 21.4 Å². The summed E-state index contributed by atoms with van der Waals surface area (Å²) in [6.07, 6.45) is -0.753. The maximum absolute atomic E-state index is 12.6. The summed E-state index contributed by atoms with van der Waals surface area (Å²) in [5, 5.41) is 9.46. The minimum atomic E-state index is -3.48. The van der Waals surface area contributed by atoms with Gasteiger partial charge in [-0.05, 0) is 26.3 Å². The van der Waals surface area contributed by atoms with E-state index < -0.39 is 22.4 Å². The summed E-state index contributed by atoms with van der Waals surface area (Å²) in [6, 6.07) is 1.83. The lowest BCUT2D eigenvalue weighted by Crippen LogP contribution is -2.41. The largest absolute Gasteiger partial charge is 0.385 e. The van der Waals surface area contributed by atoms with Gasteiger partial charge < -0.3 is 14.6 Å². The van der Waals surface area contributed by atoms with Crippen LogP contribution in [0.3, 0.4) is 0 Å². The Balaban J connectivity index is 2.31. The van der Waals surface area contributed by atoms with Gasteiger partial charge in [-0.15, -0.1) is 11.3 Å². The third-order valence-corrected chi connectivity index (χ3v) is 6.71. The Kier molecular flexibility index (Phi) is 5.39. The first-order valence-electron chi connectivity index (χ1n) is 6.79. The summed E-state index contributed by atoms with van der Waals surface area (Å²) in [5.41, 5.74) is 0.654. The van der Waals surface area contributed by atoms with Crippen molar-refractivity contribution in [2.45, 2.75) is 36.9 Å². The predicted molar refractivity (Wildman–Crippen MR) is 79.8 cm³/mol. The van der Waals surface area contributed by atoms with E-state index in [4.69, 9.17) is 9.47 Å². The molecule has 0 spiro atoms. The van der Waals surface area contributed by atoms with Gasteiger partial charge in [0.2, 0.25) is 0 Å². The summed E-state index contributed by atoms with van der Waals surface area (Å²) in [7, 11) is -1.89. The van der Waals surface area contributed by atoms with Crippen LogP contribution in [-0.4, -0.2) is 50.9 Å². The van der Waals surface area contributed by atoms with Crippen LogP contribution in [0.2, 0.25) is 0 Å².